The fourth-order valence-corrected chi connectivity index (χ4v) is 2.39. The molecule has 1 aromatic carbocycles. The van der Waals surface area contributed by atoms with Crippen LogP contribution in [0.3, 0.4) is 0 Å². The molecule has 1 aliphatic rings. The molecule has 2 heteroatoms. The first-order valence-electron chi connectivity index (χ1n) is 3.69. The van der Waals surface area contributed by atoms with Crippen molar-refractivity contribution in [3.63, 3.8) is 0 Å². The molecule has 0 bridgehead atoms. The van der Waals surface area contributed by atoms with Crippen molar-refractivity contribution in [2.24, 2.45) is 0 Å². The monoisotopic (exact) mass is 260 g/mol. The lowest BCUT2D eigenvalue weighted by Gasteiger charge is -2.05. The smallest absolute Gasteiger partial charge is 0.0913 e. The summed E-state index contributed by atoms with van der Waals surface area (Å²) >= 11 is 2.30. The predicted octanol–water partition coefficient (Wildman–Crippen LogP) is 2.08. The predicted molar refractivity (Wildman–Crippen MR) is 52.9 cm³/mol. The zero-order chi connectivity index (χ0) is 7.84. The number of alkyl halides is 1. The number of rotatable bonds is 0. The second kappa shape index (κ2) is 2.75. The molecule has 0 saturated carbocycles. The molecule has 58 valence electrons. The number of halogens is 1. The molecule has 1 aliphatic carbocycles. The van der Waals surface area contributed by atoms with Crippen molar-refractivity contribution >= 4 is 22.6 Å². The summed E-state index contributed by atoms with van der Waals surface area (Å²) in [7, 11) is 0. The summed E-state index contributed by atoms with van der Waals surface area (Å²) in [5.74, 6) is 0. The second-order valence-electron chi connectivity index (χ2n) is 2.86. The van der Waals surface area contributed by atoms with Crippen molar-refractivity contribution in [1.82, 2.24) is 0 Å². The van der Waals surface area contributed by atoms with Gasteiger partial charge in [0.2, 0.25) is 0 Å². The summed E-state index contributed by atoms with van der Waals surface area (Å²) in [6.45, 7) is 0. The lowest BCUT2D eigenvalue weighted by molar-refractivity contribution is 0.190. The molecule has 0 saturated heterocycles. The summed E-state index contributed by atoms with van der Waals surface area (Å²) in [6, 6.07) is 8.12. The van der Waals surface area contributed by atoms with Crippen molar-refractivity contribution < 1.29 is 5.11 Å². The zero-order valence-electron chi connectivity index (χ0n) is 6.00. The van der Waals surface area contributed by atoms with Crippen LogP contribution in [0.25, 0.3) is 0 Å². The van der Waals surface area contributed by atoms with E-state index < -0.39 is 0 Å². The van der Waals surface area contributed by atoms with Gasteiger partial charge in [0, 0.05) is 3.92 Å². The minimum atomic E-state index is -0.244. The van der Waals surface area contributed by atoms with Gasteiger partial charge in [-0.1, -0.05) is 46.9 Å². The standard InChI is InChI=1S/C9H9IO/c10-8-5-6-3-1-2-4-7(6)9(8)11/h1-4,8-9,11H,5H2/t8-,9-/m0/s1. The fourth-order valence-electron chi connectivity index (χ4n) is 1.53. The summed E-state index contributed by atoms with van der Waals surface area (Å²) in [6.07, 6.45) is 0.768. The number of aliphatic hydroxyl groups excluding tert-OH is 1. The molecular formula is C9H9IO. The largest absolute Gasteiger partial charge is 0.387 e. The van der Waals surface area contributed by atoms with E-state index >= 15 is 0 Å². The van der Waals surface area contributed by atoms with Gasteiger partial charge in [-0.2, -0.15) is 0 Å². The molecule has 0 unspecified atom stereocenters. The molecule has 1 nitrogen and oxygen atoms in total. The quantitative estimate of drug-likeness (QED) is 0.559. The van der Waals surface area contributed by atoms with Crippen LogP contribution in [-0.2, 0) is 6.42 Å². The van der Waals surface area contributed by atoms with Crippen LogP contribution in [0.15, 0.2) is 24.3 Å². The van der Waals surface area contributed by atoms with Crippen molar-refractivity contribution in [2.75, 3.05) is 0 Å². The number of fused-ring (bicyclic) bond motifs is 1. The Bertz CT molecular complexity index is 272. The lowest BCUT2D eigenvalue weighted by atomic mass is 10.1. The van der Waals surface area contributed by atoms with E-state index in [9.17, 15) is 5.11 Å². The average Bonchev–Trinajstić information content (AvgIpc) is 2.30. The molecule has 1 aromatic rings. The average molecular weight is 260 g/mol. The molecule has 2 rings (SSSR count). The molecule has 11 heavy (non-hydrogen) atoms. The molecule has 0 heterocycles. The maximum atomic E-state index is 9.64. The lowest BCUT2D eigenvalue weighted by Crippen LogP contribution is -2.03. The minimum absolute atomic E-state index is 0.244. The van der Waals surface area contributed by atoms with E-state index in [0.717, 1.165) is 12.0 Å². The number of hydrogen-bond acceptors (Lipinski definition) is 1. The molecule has 0 spiro atoms. The Balaban J connectivity index is 2.47. The molecular weight excluding hydrogens is 251 g/mol. The normalized spacial score (nSPS) is 28.5. The minimum Gasteiger partial charge on any atom is -0.387 e. The summed E-state index contributed by atoms with van der Waals surface area (Å²) in [4.78, 5) is 0. The molecule has 0 aromatic heterocycles. The van der Waals surface area contributed by atoms with Crippen molar-refractivity contribution in [1.29, 1.82) is 0 Å². The Morgan fingerprint density at radius 2 is 2.09 bits per heavy atom. The van der Waals surface area contributed by atoms with Crippen LogP contribution in [0, 0.1) is 0 Å². The van der Waals surface area contributed by atoms with Crippen LogP contribution < -0.4 is 0 Å². The molecule has 2 atom stereocenters. The highest BCUT2D eigenvalue weighted by Gasteiger charge is 2.27. The zero-order valence-corrected chi connectivity index (χ0v) is 8.15. The summed E-state index contributed by atoms with van der Waals surface area (Å²) in [5, 5.41) is 9.64. The van der Waals surface area contributed by atoms with Crippen LogP contribution in [-0.4, -0.2) is 9.03 Å². The van der Waals surface area contributed by atoms with Crippen LogP contribution in [0.5, 0.6) is 0 Å². The number of aliphatic hydroxyl groups is 1. The van der Waals surface area contributed by atoms with Gasteiger partial charge in [-0.3, -0.25) is 0 Å². The number of benzene rings is 1. The highest BCUT2D eigenvalue weighted by atomic mass is 127. The Hall–Kier alpha value is -0.0900. The van der Waals surface area contributed by atoms with Crippen LogP contribution in [0.1, 0.15) is 17.2 Å². The van der Waals surface area contributed by atoms with Crippen molar-refractivity contribution in [2.45, 2.75) is 16.4 Å². The van der Waals surface area contributed by atoms with E-state index in [1.165, 1.54) is 5.56 Å². The van der Waals surface area contributed by atoms with Gasteiger partial charge in [0.25, 0.3) is 0 Å². The Labute approximate surface area is 79.6 Å². The fraction of sp³-hybridized carbons (Fsp3) is 0.333. The molecule has 1 N–H and O–H groups in total. The molecule has 0 aliphatic heterocycles. The van der Waals surface area contributed by atoms with Gasteiger partial charge < -0.3 is 5.11 Å². The molecule has 0 fully saturated rings. The second-order valence-corrected chi connectivity index (χ2v) is 4.46. The molecule has 0 radical (unpaired) electrons. The Morgan fingerprint density at radius 3 is 2.82 bits per heavy atom. The van der Waals surface area contributed by atoms with Gasteiger partial charge in [-0.15, -0.1) is 0 Å². The van der Waals surface area contributed by atoms with Gasteiger partial charge in [-0.25, -0.2) is 0 Å². The van der Waals surface area contributed by atoms with Gasteiger partial charge >= 0.3 is 0 Å². The topological polar surface area (TPSA) is 20.2 Å². The highest BCUT2D eigenvalue weighted by molar-refractivity contribution is 14.1. The SMILES string of the molecule is O[C@H]1c2ccccc2C[C@@H]1I. The van der Waals surface area contributed by atoms with E-state index in [-0.39, 0.29) is 6.10 Å². The third-order valence-corrected chi connectivity index (χ3v) is 3.25. The van der Waals surface area contributed by atoms with Gasteiger partial charge in [0.1, 0.15) is 0 Å². The Kier molecular flexibility index (Phi) is 1.89. The van der Waals surface area contributed by atoms with Crippen LogP contribution in [0.2, 0.25) is 0 Å². The van der Waals surface area contributed by atoms with E-state index in [0.29, 0.717) is 3.92 Å². The Morgan fingerprint density at radius 1 is 1.36 bits per heavy atom. The van der Waals surface area contributed by atoms with Crippen LogP contribution >= 0.6 is 22.6 Å². The van der Waals surface area contributed by atoms with Gasteiger partial charge in [-0.05, 0) is 17.5 Å². The van der Waals surface area contributed by atoms with E-state index in [1.54, 1.807) is 0 Å². The van der Waals surface area contributed by atoms with Crippen molar-refractivity contribution in [3.8, 4) is 0 Å². The van der Waals surface area contributed by atoms with Crippen LogP contribution in [0.4, 0.5) is 0 Å². The molecule has 0 amide bonds. The maximum absolute atomic E-state index is 9.64. The first-order chi connectivity index (χ1) is 5.29. The third-order valence-electron chi connectivity index (χ3n) is 2.13. The first kappa shape index (κ1) is 7.55. The van der Waals surface area contributed by atoms with E-state index in [4.69, 9.17) is 0 Å². The third kappa shape index (κ3) is 1.18. The van der Waals surface area contributed by atoms with Gasteiger partial charge in [0.05, 0.1) is 6.10 Å². The van der Waals surface area contributed by atoms with Crippen molar-refractivity contribution in [3.05, 3.63) is 35.4 Å². The summed E-state index contributed by atoms with van der Waals surface area (Å²) < 4.78 is 0.366. The first-order valence-corrected chi connectivity index (χ1v) is 4.93. The highest BCUT2D eigenvalue weighted by Crippen LogP contribution is 2.35. The summed E-state index contributed by atoms with van der Waals surface area (Å²) in [5.41, 5.74) is 2.42. The maximum Gasteiger partial charge on any atom is 0.0913 e. The van der Waals surface area contributed by atoms with E-state index in [2.05, 4.69) is 28.7 Å². The van der Waals surface area contributed by atoms with E-state index in [1.807, 2.05) is 18.2 Å². The van der Waals surface area contributed by atoms with Gasteiger partial charge in [0.15, 0.2) is 0 Å². The number of hydrogen-bond donors (Lipinski definition) is 1.